The summed E-state index contributed by atoms with van der Waals surface area (Å²) in [6.45, 7) is 10.4. The van der Waals surface area contributed by atoms with Crippen LogP contribution in [0.1, 0.15) is 220 Å². The molecule has 4 atom stereocenters. The number of fused-ring (bicyclic) bond motifs is 1. The van der Waals surface area contributed by atoms with Crippen molar-refractivity contribution in [3.8, 4) is 32.3 Å². The summed E-state index contributed by atoms with van der Waals surface area (Å²) in [6, 6.07) is 25.7. The third kappa shape index (κ3) is 15.4. The molecule has 3 aromatic heterocycles. The van der Waals surface area contributed by atoms with E-state index in [9.17, 15) is 10.5 Å². The van der Waals surface area contributed by atoms with Gasteiger partial charge < -0.3 is 9.80 Å². The molecule has 10 heteroatoms. The van der Waals surface area contributed by atoms with Crippen molar-refractivity contribution in [3.05, 3.63) is 127 Å². The SMILES string of the molecule is CCCCCCCCC(CCCCCC)CN1C(=O)C2=C(c3ccc(-c4ccc(-c5ccc(C#N)cc5)s4)s3)N(CC(CCCCCC)CCCCCCCC)C(=O)C2=C1C1=CCC(c2ccc(C3=CCC(C#N)C=C3)s2)S1. The number of thioether (sulfide) groups is 1. The van der Waals surface area contributed by atoms with Gasteiger partial charge in [-0.2, -0.15) is 10.5 Å². The minimum absolute atomic E-state index is 0.00649. The molecule has 3 aliphatic heterocycles. The predicted molar refractivity (Wildman–Crippen MR) is 334 cm³/mol. The maximum atomic E-state index is 16.0. The summed E-state index contributed by atoms with van der Waals surface area (Å²) in [5.74, 6) is 0.639. The van der Waals surface area contributed by atoms with Crippen LogP contribution in [0.3, 0.4) is 0 Å². The second-order valence-electron chi connectivity index (χ2n) is 22.4. The Labute approximate surface area is 485 Å². The molecule has 2 amide bonds. The molecule has 6 heterocycles. The number of hydrogen-bond acceptors (Lipinski definition) is 8. The van der Waals surface area contributed by atoms with Gasteiger partial charge in [-0.25, -0.2) is 0 Å². The standard InChI is InChI=1S/C68H86N4O2S4/c1-5-9-13-17-19-23-27-51(25-21-15-11-7-3)47-71-65(61-43-41-59(77-61)57-39-37-55(75-57)53-33-29-49(45-69)30-34-53)63-64(67(71)73)66(72(68(63)74)48-52(26-22-16-12-8-4)28-24-20-18-14-10-6-2)62-44-42-60(78-62)58-40-38-56(76-58)54-35-31-50(46-70)32-36-54/h29-31,33-41,43-44,50-52,60H,5-28,32,42,47-48H2,1-4H3. The van der Waals surface area contributed by atoms with Crippen LogP contribution in [-0.2, 0) is 9.59 Å². The van der Waals surface area contributed by atoms with Crippen molar-refractivity contribution in [2.45, 2.75) is 200 Å². The van der Waals surface area contributed by atoms with Gasteiger partial charge in [0.25, 0.3) is 11.8 Å². The van der Waals surface area contributed by atoms with Gasteiger partial charge in [-0.3, -0.25) is 9.59 Å². The van der Waals surface area contributed by atoms with Crippen molar-refractivity contribution < 1.29 is 9.59 Å². The highest BCUT2D eigenvalue weighted by Crippen LogP contribution is 2.55. The normalized spacial score (nSPS) is 18.0. The second kappa shape index (κ2) is 30.8. The van der Waals surface area contributed by atoms with Gasteiger partial charge in [-0.15, -0.1) is 45.8 Å². The Hall–Kier alpha value is -4.71. The summed E-state index contributed by atoms with van der Waals surface area (Å²) in [6.07, 6.45) is 39.2. The maximum absolute atomic E-state index is 16.0. The largest absolute Gasteiger partial charge is 0.306 e. The van der Waals surface area contributed by atoms with E-state index in [-0.39, 0.29) is 23.0 Å². The number of rotatable bonds is 34. The highest BCUT2D eigenvalue weighted by atomic mass is 32.2. The maximum Gasteiger partial charge on any atom is 0.261 e. The van der Waals surface area contributed by atoms with Crippen molar-refractivity contribution in [1.82, 2.24) is 9.80 Å². The fourth-order valence-corrected chi connectivity index (χ4v) is 16.6. The Morgan fingerprint density at radius 1 is 0.526 bits per heavy atom. The first-order valence-corrected chi connectivity index (χ1v) is 33.7. The molecular formula is C68H86N4O2S4. The number of unbranched alkanes of at least 4 members (excludes halogenated alkanes) is 16. The van der Waals surface area contributed by atoms with Gasteiger partial charge in [-0.1, -0.05) is 193 Å². The van der Waals surface area contributed by atoms with E-state index in [1.165, 1.54) is 131 Å². The molecule has 4 aromatic rings. The molecule has 0 fully saturated rings. The summed E-state index contributed by atoms with van der Waals surface area (Å²) < 4.78 is 0. The fraction of sp³-hybridized carbons (Fsp3) is 0.529. The van der Waals surface area contributed by atoms with Crippen molar-refractivity contribution in [1.29, 1.82) is 10.5 Å². The van der Waals surface area contributed by atoms with Crippen LogP contribution in [0.2, 0.25) is 0 Å². The lowest BCUT2D eigenvalue weighted by Gasteiger charge is -2.30. The van der Waals surface area contributed by atoms with Crippen LogP contribution < -0.4 is 0 Å². The molecule has 6 nitrogen and oxygen atoms in total. The van der Waals surface area contributed by atoms with Crippen molar-refractivity contribution in [2.24, 2.45) is 17.8 Å². The van der Waals surface area contributed by atoms with Gasteiger partial charge in [0.05, 0.1) is 51.0 Å². The average molecular weight is 1120 g/mol. The van der Waals surface area contributed by atoms with Crippen molar-refractivity contribution in [2.75, 3.05) is 13.1 Å². The van der Waals surface area contributed by atoms with Gasteiger partial charge in [-0.05, 0) is 110 Å². The smallest absolute Gasteiger partial charge is 0.261 e. The number of carbonyl (C=O) groups is 2. The zero-order chi connectivity index (χ0) is 54.6. The Balaban J connectivity index is 1.18. The molecule has 1 aliphatic carbocycles. The Kier molecular flexibility index (Phi) is 23.4. The molecule has 78 heavy (non-hydrogen) atoms. The summed E-state index contributed by atoms with van der Waals surface area (Å²) >= 11 is 7.13. The van der Waals surface area contributed by atoms with E-state index in [0.29, 0.717) is 41.6 Å². The molecule has 0 saturated carbocycles. The molecule has 4 unspecified atom stereocenters. The number of allylic oxidation sites excluding steroid dienone is 5. The number of nitrogens with zero attached hydrogens (tertiary/aromatic N) is 4. The fourth-order valence-electron chi connectivity index (χ4n) is 11.9. The van der Waals surface area contributed by atoms with Crippen LogP contribution in [0.5, 0.6) is 0 Å². The molecule has 0 radical (unpaired) electrons. The highest BCUT2D eigenvalue weighted by molar-refractivity contribution is 8.03. The average Bonchev–Trinajstić information content (AvgIpc) is 4.25. The molecule has 0 N–H and O–H groups in total. The van der Waals surface area contributed by atoms with E-state index in [1.54, 1.807) is 22.7 Å². The number of benzene rings is 1. The molecule has 8 rings (SSSR count). The van der Waals surface area contributed by atoms with Gasteiger partial charge in [0.1, 0.15) is 0 Å². The molecule has 0 bridgehead atoms. The van der Waals surface area contributed by atoms with Gasteiger partial charge in [0.15, 0.2) is 0 Å². The lowest BCUT2D eigenvalue weighted by Crippen LogP contribution is -2.35. The highest BCUT2D eigenvalue weighted by Gasteiger charge is 2.51. The summed E-state index contributed by atoms with van der Waals surface area (Å²) in [4.78, 5) is 44.3. The van der Waals surface area contributed by atoms with E-state index < -0.39 is 0 Å². The van der Waals surface area contributed by atoms with E-state index >= 15 is 9.59 Å². The van der Waals surface area contributed by atoms with E-state index in [2.05, 4.69) is 104 Å². The first-order chi connectivity index (χ1) is 38.3. The van der Waals surface area contributed by atoms with Gasteiger partial charge >= 0.3 is 0 Å². The van der Waals surface area contributed by atoms with E-state index in [4.69, 9.17) is 0 Å². The monoisotopic (exact) mass is 1120 g/mol. The van der Waals surface area contributed by atoms with Gasteiger partial charge in [0, 0.05) is 47.6 Å². The van der Waals surface area contributed by atoms with Crippen LogP contribution in [0.4, 0.5) is 0 Å². The van der Waals surface area contributed by atoms with Crippen LogP contribution in [-0.4, -0.2) is 34.7 Å². The number of nitriles is 2. The third-order valence-electron chi connectivity index (χ3n) is 16.4. The van der Waals surface area contributed by atoms with Crippen LogP contribution in [0.15, 0.2) is 107 Å². The first kappa shape index (κ1) is 59.4. The molecule has 1 aromatic carbocycles. The lowest BCUT2D eigenvalue weighted by atomic mass is 9.93. The zero-order valence-electron chi connectivity index (χ0n) is 47.4. The lowest BCUT2D eigenvalue weighted by molar-refractivity contribution is -0.124. The Morgan fingerprint density at radius 3 is 1.55 bits per heavy atom. The van der Waals surface area contributed by atoms with Crippen LogP contribution >= 0.6 is 45.8 Å². The van der Waals surface area contributed by atoms with Gasteiger partial charge in [0.2, 0.25) is 0 Å². The van der Waals surface area contributed by atoms with Crippen molar-refractivity contribution in [3.63, 3.8) is 0 Å². The topological polar surface area (TPSA) is 88.2 Å². The van der Waals surface area contributed by atoms with E-state index in [1.807, 2.05) is 53.4 Å². The zero-order valence-corrected chi connectivity index (χ0v) is 50.7. The number of thiophene rings is 3. The third-order valence-corrected chi connectivity index (χ3v) is 21.6. The Morgan fingerprint density at radius 2 is 1.01 bits per heavy atom. The molecule has 4 aliphatic rings. The molecule has 414 valence electrons. The summed E-state index contributed by atoms with van der Waals surface area (Å²) in [7, 11) is 0. The minimum atomic E-state index is -0.0681. The van der Waals surface area contributed by atoms with Crippen LogP contribution in [0.25, 0.3) is 31.5 Å². The van der Waals surface area contributed by atoms with E-state index in [0.717, 1.165) is 92.7 Å². The number of carbonyl (C=O) groups excluding carboxylic acids is 2. The minimum Gasteiger partial charge on any atom is -0.306 e. The number of hydrogen-bond donors (Lipinski definition) is 0. The first-order valence-electron chi connectivity index (χ1n) is 30.4. The predicted octanol–water partition coefficient (Wildman–Crippen LogP) is 20.6. The van der Waals surface area contributed by atoms with Crippen molar-refractivity contribution >= 4 is 68.9 Å². The Bertz CT molecular complexity index is 2860. The molecular weight excluding hydrogens is 1030 g/mol. The molecule has 0 saturated heterocycles. The second-order valence-corrected chi connectivity index (χ2v) is 27.0. The van der Waals surface area contributed by atoms with Crippen LogP contribution in [0, 0.1) is 40.4 Å². The quantitative estimate of drug-likeness (QED) is 0.0435. The molecule has 0 spiro atoms. The number of amides is 2. The summed E-state index contributed by atoms with van der Waals surface area (Å²) in [5, 5.41) is 19.2. The summed E-state index contributed by atoms with van der Waals surface area (Å²) in [5.41, 5.74) is 5.87.